The Labute approximate surface area is 239 Å². The van der Waals surface area contributed by atoms with Gasteiger partial charge in [-0.15, -0.1) is 0 Å². The highest BCUT2D eigenvalue weighted by atomic mass is 35.5. The third-order valence-electron chi connectivity index (χ3n) is 9.21. The predicted octanol–water partition coefficient (Wildman–Crippen LogP) is 6.42. The molecule has 1 saturated carbocycles. The first-order valence-corrected chi connectivity index (χ1v) is 14.7. The van der Waals surface area contributed by atoms with Crippen LogP contribution < -0.4 is 9.64 Å². The number of halogens is 2. The number of carbonyl (C=O) groups is 1. The molecule has 0 radical (unpaired) electrons. The number of piperidine rings is 1. The van der Waals surface area contributed by atoms with Crippen molar-refractivity contribution in [2.45, 2.75) is 51.7 Å². The van der Waals surface area contributed by atoms with Crippen LogP contribution in [0.4, 0.5) is 5.69 Å². The van der Waals surface area contributed by atoms with Gasteiger partial charge in [0.15, 0.2) is 0 Å². The van der Waals surface area contributed by atoms with Crippen molar-refractivity contribution in [1.82, 2.24) is 14.7 Å². The van der Waals surface area contributed by atoms with Crippen LogP contribution >= 0.6 is 23.2 Å². The summed E-state index contributed by atoms with van der Waals surface area (Å²) in [5.74, 6) is 1.41. The second-order valence-corrected chi connectivity index (χ2v) is 12.9. The highest BCUT2D eigenvalue weighted by Gasteiger charge is 2.49. The monoisotopic (exact) mass is 570 g/mol. The van der Waals surface area contributed by atoms with Crippen molar-refractivity contribution >= 4 is 45.8 Å². The number of aliphatic carboxylic acids is 1. The second kappa shape index (κ2) is 10.2. The quantitative estimate of drug-likeness (QED) is 0.353. The molecule has 2 atom stereocenters. The molecule has 208 valence electrons. The Hall–Kier alpha value is -2.48. The molecule has 3 aromatic rings. The summed E-state index contributed by atoms with van der Waals surface area (Å²) in [5, 5.41) is 16.4. The van der Waals surface area contributed by atoms with Crippen LogP contribution in [0.1, 0.15) is 51.2 Å². The van der Waals surface area contributed by atoms with Gasteiger partial charge in [-0.05, 0) is 76.1 Å². The summed E-state index contributed by atoms with van der Waals surface area (Å²) in [7, 11) is 1.93. The van der Waals surface area contributed by atoms with E-state index >= 15 is 0 Å². The molecule has 2 aliphatic heterocycles. The number of nitrogens with zero attached hydrogens (tertiary/aromatic N) is 4. The van der Waals surface area contributed by atoms with E-state index in [-0.39, 0.29) is 6.10 Å². The fraction of sp³-hybridized carbons (Fsp3) is 0.533. The number of rotatable bonds is 7. The number of anilines is 1. The Morgan fingerprint density at radius 3 is 2.64 bits per heavy atom. The summed E-state index contributed by atoms with van der Waals surface area (Å²) < 4.78 is 8.29. The highest BCUT2D eigenvalue weighted by Crippen LogP contribution is 2.46. The first-order valence-electron chi connectivity index (χ1n) is 13.9. The van der Waals surface area contributed by atoms with Crippen molar-refractivity contribution in [2.75, 3.05) is 31.1 Å². The SMILES string of the molecule is C[C@@H](Oc1cc(N2CC([C@@H]3CCCN(C4CC(C)(C(=O)O)C4)C3)C2)cc2cn(C)nc12)c1ccc(Cl)cc1Cl. The number of hydrogen-bond acceptors (Lipinski definition) is 5. The lowest BCUT2D eigenvalue weighted by atomic mass is 9.65. The summed E-state index contributed by atoms with van der Waals surface area (Å²) in [6.07, 6.45) is 5.78. The van der Waals surface area contributed by atoms with E-state index in [1.807, 2.05) is 43.9 Å². The van der Waals surface area contributed by atoms with Crippen LogP contribution in [0, 0.1) is 17.3 Å². The van der Waals surface area contributed by atoms with Crippen LogP contribution in [-0.2, 0) is 11.8 Å². The van der Waals surface area contributed by atoms with Crippen molar-refractivity contribution in [3.05, 3.63) is 52.1 Å². The van der Waals surface area contributed by atoms with Crippen molar-refractivity contribution in [3.8, 4) is 5.75 Å². The van der Waals surface area contributed by atoms with E-state index in [2.05, 4.69) is 27.0 Å². The third-order valence-corrected chi connectivity index (χ3v) is 9.78. The summed E-state index contributed by atoms with van der Waals surface area (Å²) in [5.41, 5.74) is 2.34. The number of hydrogen-bond donors (Lipinski definition) is 1. The molecular weight excluding hydrogens is 535 g/mol. The number of aromatic nitrogens is 2. The van der Waals surface area contributed by atoms with E-state index in [0.717, 1.165) is 66.9 Å². The molecule has 3 aliphatic rings. The van der Waals surface area contributed by atoms with Gasteiger partial charge < -0.3 is 19.6 Å². The van der Waals surface area contributed by atoms with E-state index in [1.165, 1.54) is 12.8 Å². The van der Waals surface area contributed by atoms with Crippen LogP contribution in [0.5, 0.6) is 5.75 Å². The predicted molar refractivity (Wildman–Crippen MR) is 155 cm³/mol. The smallest absolute Gasteiger partial charge is 0.309 e. The maximum atomic E-state index is 11.5. The third kappa shape index (κ3) is 5.09. The largest absolute Gasteiger partial charge is 0.484 e. The number of carboxylic acid groups (broad SMARTS) is 1. The first-order chi connectivity index (χ1) is 18.6. The number of aryl methyl sites for hydroxylation is 1. The molecule has 3 heterocycles. The average molecular weight is 572 g/mol. The molecule has 3 fully saturated rings. The summed E-state index contributed by atoms with van der Waals surface area (Å²) in [4.78, 5) is 16.6. The van der Waals surface area contributed by atoms with Gasteiger partial charge in [0, 0.05) is 71.7 Å². The van der Waals surface area contributed by atoms with Gasteiger partial charge in [0.25, 0.3) is 0 Å². The molecule has 1 N–H and O–H groups in total. The number of carboxylic acids is 1. The highest BCUT2D eigenvalue weighted by molar-refractivity contribution is 6.35. The van der Waals surface area contributed by atoms with E-state index < -0.39 is 11.4 Å². The average Bonchev–Trinajstić information content (AvgIpc) is 3.21. The minimum absolute atomic E-state index is 0.262. The molecule has 1 aliphatic carbocycles. The molecule has 0 bridgehead atoms. The van der Waals surface area contributed by atoms with Gasteiger partial charge in [-0.2, -0.15) is 5.10 Å². The molecule has 0 spiro atoms. The molecule has 2 aromatic carbocycles. The standard InChI is InChI=1S/C30H36Cl2N4O3/c1-18(25-7-6-22(31)10-26(25)32)39-27-11-23(9-20-14-34(3)33-28(20)27)36-16-21(17-36)19-5-4-8-35(15-19)24-12-30(2,13-24)29(37)38/h6-7,9-11,14,18-19,21,24H,4-5,8,12-13,15-17H2,1-3H3,(H,37,38)/t18-,19-,24?,30?/m1/s1. The van der Waals surface area contributed by atoms with Gasteiger partial charge in [-0.25, -0.2) is 0 Å². The maximum Gasteiger partial charge on any atom is 0.309 e. The van der Waals surface area contributed by atoms with Crippen molar-refractivity contribution in [1.29, 1.82) is 0 Å². The van der Waals surface area contributed by atoms with Crippen molar-refractivity contribution < 1.29 is 14.6 Å². The molecule has 0 unspecified atom stereocenters. The lowest BCUT2D eigenvalue weighted by Gasteiger charge is -2.52. The normalized spacial score (nSPS) is 26.7. The molecule has 1 aromatic heterocycles. The first kappa shape index (κ1) is 26.7. The zero-order chi connectivity index (χ0) is 27.5. The van der Waals surface area contributed by atoms with Crippen LogP contribution in [0.15, 0.2) is 36.5 Å². The Morgan fingerprint density at radius 2 is 1.92 bits per heavy atom. The lowest BCUT2D eigenvalue weighted by molar-refractivity contribution is -0.158. The zero-order valence-corrected chi connectivity index (χ0v) is 24.3. The molecule has 9 heteroatoms. The van der Waals surface area contributed by atoms with E-state index in [4.69, 9.17) is 27.9 Å². The number of likely N-dealkylation sites (tertiary alicyclic amines) is 1. The Balaban J connectivity index is 1.13. The van der Waals surface area contributed by atoms with E-state index in [0.29, 0.717) is 27.9 Å². The Kier molecular flexibility index (Phi) is 6.97. The van der Waals surface area contributed by atoms with E-state index in [1.54, 1.807) is 6.07 Å². The summed E-state index contributed by atoms with van der Waals surface area (Å²) >= 11 is 12.6. The zero-order valence-electron chi connectivity index (χ0n) is 22.7. The molecule has 7 nitrogen and oxygen atoms in total. The Morgan fingerprint density at radius 1 is 1.15 bits per heavy atom. The van der Waals surface area contributed by atoms with Gasteiger partial charge >= 0.3 is 5.97 Å². The fourth-order valence-electron chi connectivity index (χ4n) is 6.76. The topological polar surface area (TPSA) is 70.8 Å². The van der Waals surface area contributed by atoms with Gasteiger partial charge in [-0.1, -0.05) is 29.3 Å². The van der Waals surface area contributed by atoms with Gasteiger partial charge in [0.2, 0.25) is 0 Å². The van der Waals surface area contributed by atoms with Crippen molar-refractivity contribution in [3.63, 3.8) is 0 Å². The number of ether oxygens (including phenoxy) is 1. The molecule has 39 heavy (non-hydrogen) atoms. The van der Waals surface area contributed by atoms with Crippen LogP contribution in [0.25, 0.3) is 10.9 Å². The fourth-order valence-corrected chi connectivity index (χ4v) is 7.32. The molecule has 0 amide bonds. The molecule has 6 rings (SSSR count). The Bertz CT molecular complexity index is 1400. The van der Waals surface area contributed by atoms with Gasteiger partial charge in [0.1, 0.15) is 17.4 Å². The van der Waals surface area contributed by atoms with Gasteiger partial charge in [0.05, 0.1) is 5.41 Å². The minimum Gasteiger partial charge on any atom is -0.484 e. The minimum atomic E-state index is -0.651. The summed E-state index contributed by atoms with van der Waals surface area (Å²) in [6, 6.07) is 10.2. The van der Waals surface area contributed by atoms with Gasteiger partial charge in [-0.3, -0.25) is 9.48 Å². The van der Waals surface area contributed by atoms with Crippen LogP contribution in [0.2, 0.25) is 10.0 Å². The summed E-state index contributed by atoms with van der Waals surface area (Å²) in [6.45, 7) is 8.13. The number of fused-ring (bicyclic) bond motifs is 1. The molecule has 2 saturated heterocycles. The van der Waals surface area contributed by atoms with Crippen LogP contribution in [0.3, 0.4) is 0 Å². The molecular formula is C30H36Cl2N4O3. The maximum absolute atomic E-state index is 11.5. The van der Waals surface area contributed by atoms with Crippen LogP contribution in [-0.4, -0.2) is 58.0 Å². The van der Waals surface area contributed by atoms with Crippen molar-refractivity contribution in [2.24, 2.45) is 24.3 Å². The number of benzene rings is 2. The lowest BCUT2D eigenvalue weighted by Crippen LogP contribution is -2.58. The second-order valence-electron chi connectivity index (χ2n) is 12.1. The van der Waals surface area contributed by atoms with E-state index in [9.17, 15) is 9.90 Å².